The molecule has 6 aromatic heterocycles. The van der Waals surface area contributed by atoms with Gasteiger partial charge in [-0.05, 0) is 171 Å². The van der Waals surface area contributed by atoms with Gasteiger partial charge >= 0.3 is 7.69 Å². The molecule has 0 aliphatic carbocycles. The van der Waals surface area contributed by atoms with Crippen LogP contribution in [0, 0.1) is 34.9 Å². The molecule has 0 atom stereocenters. The van der Waals surface area contributed by atoms with Gasteiger partial charge in [-0.3, -0.25) is 10.2 Å². The Morgan fingerprint density at radius 3 is 1.41 bits per heavy atom. The molecule has 0 saturated carbocycles. The predicted octanol–water partition coefficient (Wildman–Crippen LogP) is 8.58. The van der Waals surface area contributed by atoms with E-state index in [-0.39, 0.29) is 19.8 Å². The quantitative estimate of drug-likeness (QED) is 0.0661. The van der Waals surface area contributed by atoms with E-state index in [1.54, 1.807) is 95.1 Å². The number of hydrogen-bond donors (Lipinski definition) is 4. The minimum atomic E-state index is -3.23. The van der Waals surface area contributed by atoms with Crippen LogP contribution in [0.2, 0.25) is 15.5 Å². The molecule has 0 unspecified atom stereocenters. The van der Waals surface area contributed by atoms with Gasteiger partial charge in [0.25, 0.3) is 0 Å². The van der Waals surface area contributed by atoms with Crippen LogP contribution in [0.4, 0.5) is 5.82 Å². The number of rotatable bonds is 7. The van der Waals surface area contributed by atoms with Gasteiger partial charge < -0.3 is 15.4 Å². The Labute approximate surface area is 495 Å². The van der Waals surface area contributed by atoms with E-state index in [0.717, 1.165) is 28.9 Å². The molecule has 1 radical (unpaired) electrons. The van der Waals surface area contributed by atoms with Gasteiger partial charge in [-0.2, -0.15) is 20.4 Å². The van der Waals surface area contributed by atoms with E-state index < -0.39 is 29.5 Å². The zero-order valence-electron chi connectivity index (χ0n) is 39.5. The lowest BCUT2D eigenvalue weighted by Crippen LogP contribution is -2.01. The summed E-state index contributed by atoms with van der Waals surface area (Å²) < 4.78 is 78.1. The molecule has 0 bridgehead atoms. The minimum Gasteiger partial charge on any atom is -0.537 e. The molecule has 0 saturated heterocycles. The number of pyridine rings is 2. The molecule has 3 aromatic carbocycles. The molecule has 393 valence electrons. The van der Waals surface area contributed by atoms with Crippen molar-refractivity contribution in [3.8, 4) is 41.3 Å². The first-order valence-electron chi connectivity index (χ1n) is 20.7. The first kappa shape index (κ1) is 63.0. The van der Waals surface area contributed by atoms with Crippen molar-refractivity contribution in [1.82, 2.24) is 49.9 Å². The van der Waals surface area contributed by atoms with E-state index in [4.69, 9.17) is 52.0 Å². The third-order valence-corrected chi connectivity index (χ3v) is 16.1. The number of sulfone groups is 3. The average Bonchev–Trinajstić information content (AvgIpc) is 4.18. The largest absolute Gasteiger partial charge is 0.569 e. The van der Waals surface area contributed by atoms with Crippen molar-refractivity contribution in [3.05, 3.63) is 189 Å². The van der Waals surface area contributed by atoms with Crippen molar-refractivity contribution < 1.29 is 34.9 Å². The highest BCUT2D eigenvalue weighted by Crippen LogP contribution is 2.21. The number of aromatic nitrogens is 10. The number of nitrogen functional groups attached to an aromatic ring is 1. The van der Waals surface area contributed by atoms with Gasteiger partial charge in [0.1, 0.15) is 28.1 Å². The van der Waals surface area contributed by atoms with Crippen LogP contribution in [0.3, 0.4) is 0 Å². The standard InChI is InChI=1S/C17H12ClN3O2S.C10H8ClIN2O2S.C7H8BO4S.C7H5N.C3H2ClIN2.C3H4IN3/c1-24(22,23)16-9-7-15(8-10-16)21-12-13(17(18)20-21)5-6-14-4-2-3-11-19-14;1-17(15,16)8-4-2-7(3-5-8)14-6-9(12)10(11)13-14;1-13(10,11)7-4-2-6(3-5-7)12-8-9;1-2-7-5-3-4-6-8-7;4-3-2(5)1-6-7-3;4-2-1-6-7-3(2)5/h2-4,7-12H,1H3;2-6H,1H3;2-5,9H,1H3;1,3-6H;1H,(H,6,7);1H,(H3,5,6,7). The summed E-state index contributed by atoms with van der Waals surface area (Å²) in [7, 11) is -9.02. The zero-order chi connectivity index (χ0) is 56.1. The predicted molar refractivity (Wildman–Crippen MR) is 319 cm³/mol. The molecule has 29 heteroatoms. The second kappa shape index (κ2) is 30.4. The highest BCUT2D eigenvalue weighted by molar-refractivity contribution is 14.1. The van der Waals surface area contributed by atoms with Gasteiger partial charge in [0.2, 0.25) is 0 Å². The monoisotopic (exact) mass is 1480 g/mol. The summed E-state index contributed by atoms with van der Waals surface area (Å²) in [6.07, 6.45) is 18.7. The topological polar surface area (TPSA) is 277 Å². The van der Waals surface area contributed by atoms with Crippen LogP contribution in [-0.2, 0) is 29.5 Å². The van der Waals surface area contributed by atoms with Crippen molar-refractivity contribution in [2.24, 2.45) is 0 Å². The van der Waals surface area contributed by atoms with E-state index in [1.807, 2.05) is 24.3 Å². The molecule has 0 fully saturated rings. The highest BCUT2D eigenvalue weighted by Gasteiger charge is 2.11. The summed E-state index contributed by atoms with van der Waals surface area (Å²) in [5.74, 6) is 9.29. The Morgan fingerprint density at radius 1 is 0.618 bits per heavy atom. The third-order valence-electron chi connectivity index (χ3n) is 8.77. The van der Waals surface area contributed by atoms with Gasteiger partial charge in [-0.25, -0.2) is 44.6 Å². The van der Waals surface area contributed by atoms with Gasteiger partial charge in [-0.1, -0.05) is 58.8 Å². The number of nitrogens with two attached hydrogens (primary N) is 1. The minimum absolute atomic E-state index is 0.220. The molecule has 76 heavy (non-hydrogen) atoms. The maximum absolute atomic E-state index is 11.5. The molecule has 9 rings (SSSR count). The fourth-order valence-corrected chi connectivity index (χ4v) is 8.29. The first-order chi connectivity index (χ1) is 35.9. The van der Waals surface area contributed by atoms with Crippen molar-refractivity contribution in [1.29, 1.82) is 0 Å². The summed E-state index contributed by atoms with van der Waals surface area (Å²) in [5, 5.41) is 30.4. The van der Waals surface area contributed by atoms with Gasteiger partial charge in [0, 0.05) is 43.6 Å². The molecular formula is C47H39BCl3I3N11O8S3. The number of anilines is 1. The molecule has 5 N–H and O–H groups in total. The van der Waals surface area contributed by atoms with Crippen molar-refractivity contribution in [2.45, 2.75) is 14.7 Å². The van der Waals surface area contributed by atoms with Crippen LogP contribution in [0.5, 0.6) is 5.75 Å². The van der Waals surface area contributed by atoms with Crippen LogP contribution in [0.25, 0.3) is 11.4 Å². The van der Waals surface area contributed by atoms with Crippen molar-refractivity contribution >= 4 is 146 Å². The third kappa shape index (κ3) is 21.5. The Bertz CT molecular complexity index is 3660. The number of benzene rings is 3. The number of aromatic amines is 2. The Balaban J connectivity index is 0.000000210. The average molecular weight is 1480 g/mol. The van der Waals surface area contributed by atoms with Crippen molar-refractivity contribution in [3.63, 3.8) is 0 Å². The normalized spacial score (nSPS) is 10.5. The lowest BCUT2D eigenvalue weighted by Gasteiger charge is -2.02. The molecule has 6 heterocycles. The van der Waals surface area contributed by atoms with Gasteiger partial charge in [0.05, 0.1) is 54.7 Å². The Kier molecular flexibility index (Phi) is 25.2. The van der Waals surface area contributed by atoms with Gasteiger partial charge in [-0.15, -0.1) is 6.42 Å². The second-order valence-corrected chi connectivity index (χ2v) is 25.1. The molecule has 0 spiro atoms. The second-order valence-electron chi connectivity index (χ2n) is 14.5. The molecule has 0 aliphatic rings. The summed E-state index contributed by atoms with van der Waals surface area (Å²) >= 11 is 23.7. The number of H-pyrrole nitrogens is 2. The van der Waals surface area contributed by atoms with Crippen LogP contribution >= 0.6 is 103 Å². The van der Waals surface area contributed by atoms with Crippen LogP contribution in [0.1, 0.15) is 17.0 Å². The highest BCUT2D eigenvalue weighted by atomic mass is 127. The number of nitrogens with one attached hydrogen (secondary N) is 2. The fraction of sp³-hybridized carbons (Fsp3) is 0.0638. The summed E-state index contributed by atoms with van der Waals surface area (Å²) in [6.45, 7) is 0. The van der Waals surface area contributed by atoms with Crippen LogP contribution in [-0.4, -0.2) is 107 Å². The molecule has 9 aromatic rings. The van der Waals surface area contributed by atoms with E-state index in [1.165, 1.54) is 42.7 Å². The molecular weight excluding hydrogens is 1440 g/mol. The van der Waals surface area contributed by atoms with E-state index in [0.29, 0.717) is 52.2 Å². The lowest BCUT2D eigenvalue weighted by molar-refractivity contribution is 0.453. The maximum Gasteiger partial charge on any atom is 0.569 e. The summed E-state index contributed by atoms with van der Waals surface area (Å²) in [5.41, 5.74) is 8.66. The molecule has 0 amide bonds. The van der Waals surface area contributed by atoms with E-state index in [2.05, 4.69) is 131 Å². The number of hydrogen-bond acceptors (Lipinski definition) is 15. The Morgan fingerprint density at radius 2 is 1.08 bits per heavy atom. The maximum atomic E-state index is 11.5. The smallest absolute Gasteiger partial charge is 0.537 e. The summed E-state index contributed by atoms with van der Waals surface area (Å²) in [4.78, 5) is 8.74. The van der Waals surface area contributed by atoms with Crippen LogP contribution < -0.4 is 10.4 Å². The number of nitrogens with zero attached hydrogens (tertiary/aromatic N) is 8. The molecule has 0 aliphatic heterocycles. The lowest BCUT2D eigenvalue weighted by atomic mass is 10.3. The van der Waals surface area contributed by atoms with Crippen molar-refractivity contribution in [2.75, 3.05) is 24.5 Å². The zero-order valence-corrected chi connectivity index (χ0v) is 50.7. The van der Waals surface area contributed by atoms with Crippen LogP contribution in [0.15, 0.2) is 161 Å². The fourth-order valence-electron chi connectivity index (χ4n) is 5.10. The summed E-state index contributed by atoms with van der Waals surface area (Å²) in [6, 6.07) is 29.6. The van der Waals surface area contributed by atoms with E-state index in [9.17, 15) is 25.3 Å². The van der Waals surface area contributed by atoms with E-state index >= 15 is 0 Å². The number of halogens is 6. The number of terminal acetylenes is 1. The Hall–Kier alpha value is -5.55. The molecule has 19 nitrogen and oxygen atoms in total. The van der Waals surface area contributed by atoms with Gasteiger partial charge in [0.15, 0.2) is 39.8 Å². The first-order valence-corrected chi connectivity index (χ1v) is 30.7. The SMILES string of the molecule is C#Cc1ccccn1.CS(=O)(=O)c1ccc(-n2cc(C#Cc3ccccn3)c(Cl)n2)cc1.CS(=O)(=O)c1ccc(-n2cc(I)c(Cl)n2)cc1.CS(=O)(=O)c1ccc(O[B]O)cc1.Clc1[nH]ncc1I.Nc1[nH]ncc1I.